The van der Waals surface area contributed by atoms with Gasteiger partial charge in [-0.2, -0.15) is 0 Å². The van der Waals surface area contributed by atoms with Gasteiger partial charge in [0.2, 0.25) is 9.50 Å². The predicted octanol–water partition coefficient (Wildman–Crippen LogP) is 2.50. The highest BCUT2D eigenvalue weighted by molar-refractivity contribution is 7.14. The molecule has 12 heteroatoms. The largest absolute Gasteiger partial charge is 0.476 e. The molecule has 2 N–H and O–H groups in total. The highest BCUT2D eigenvalue weighted by atomic mass is 35.6. The zero-order valence-corrected chi connectivity index (χ0v) is 13.4. The summed E-state index contributed by atoms with van der Waals surface area (Å²) in [6, 6.07) is 0. The van der Waals surface area contributed by atoms with Gasteiger partial charge >= 0.3 is 12.1 Å². The van der Waals surface area contributed by atoms with Gasteiger partial charge in [0.05, 0.1) is 0 Å². The van der Waals surface area contributed by atoms with Crippen LogP contribution in [0.1, 0.15) is 5.69 Å². The molecule has 0 aliphatic rings. The van der Waals surface area contributed by atoms with E-state index in [-0.39, 0.29) is 10.8 Å². The molecule has 0 bridgehead atoms. The Labute approximate surface area is 137 Å². The maximum absolute atomic E-state index is 11.4. The van der Waals surface area contributed by atoms with Crippen LogP contribution in [0, 0.1) is 0 Å². The highest BCUT2D eigenvalue weighted by Gasteiger charge is 2.23. The van der Waals surface area contributed by atoms with Crippen molar-refractivity contribution in [3.8, 4) is 0 Å². The lowest BCUT2D eigenvalue weighted by molar-refractivity contribution is -0.129. The molecule has 0 radical (unpaired) electrons. The molecule has 0 aliphatic carbocycles. The number of ether oxygens (including phenoxy) is 1. The molecule has 1 aromatic rings. The molecule has 0 unspecified atom stereocenters. The summed E-state index contributed by atoms with van der Waals surface area (Å²) < 4.78 is 2.90. The SMILES string of the molecule is CO/N=C(\C(=O)O)c1csc(NC(=O)OCC(Cl)(Cl)Cl)n1. The summed E-state index contributed by atoms with van der Waals surface area (Å²) in [5.74, 6) is -1.33. The van der Waals surface area contributed by atoms with Gasteiger partial charge in [-0.05, 0) is 0 Å². The molecule has 116 valence electrons. The number of oxime groups is 1. The minimum atomic E-state index is -1.73. The fourth-order valence-corrected chi connectivity index (χ4v) is 1.84. The molecule has 0 spiro atoms. The van der Waals surface area contributed by atoms with Gasteiger partial charge in [0.15, 0.2) is 5.13 Å². The Bertz CT molecular complexity index is 557. The van der Waals surface area contributed by atoms with Crippen LogP contribution in [0.3, 0.4) is 0 Å². The molecule has 0 saturated carbocycles. The van der Waals surface area contributed by atoms with Gasteiger partial charge < -0.3 is 14.7 Å². The van der Waals surface area contributed by atoms with Gasteiger partial charge in [0.25, 0.3) is 0 Å². The van der Waals surface area contributed by atoms with Crippen LogP contribution in [0.25, 0.3) is 0 Å². The molecule has 0 aromatic carbocycles. The number of nitrogens with one attached hydrogen (secondary N) is 1. The topological polar surface area (TPSA) is 110 Å². The van der Waals surface area contributed by atoms with E-state index in [1.54, 1.807) is 0 Å². The number of carbonyl (C=O) groups is 2. The summed E-state index contributed by atoms with van der Waals surface area (Å²) in [4.78, 5) is 30.6. The fraction of sp³-hybridized carbons (Fsp3) is 0.333. The molecule has 0 fully saturated rings. The molecule has 8 nitrogen and oxygen atoms in total. The molecular weight excluding hydrogens is 369 g/mol. The Hall–Kier alpha value is -1.29. The third-order valence-corrected chi connectivity index (χ3v) is 2.79. The second-order valence-corrected chi connectivity index (χ2v) is 6.66. The number of alkyl halides is 3. The van der Waals surface area contributed by atoms with E-state index in [1.165, 1.54) is 12.5 Å². The van der Waals surface area contributed by atoms with Crippen molar-refractivity contribution in [2.75, 3.05) is 19.0 Å². The standard InChI is InChI=1S/C9H8Cl3N3O5S/c1-19-15-5(6(16)17)4-2-21-7(13-4)14-8(18)20-3-9(10,11)12/h2H,3H2,1H3,(H,16,17)(H,13,14,18)/b15-5-. The van der Waals surface area contributed by atoms with Crippen LogP contribution in [0.15, 0.2) is 10.5 Å². The van der Waals surface area contributed by atoms with Crippen LogP contribution in [0.4, 0.5) is 9.93 Å². The summed E-state index contributed by atoms with van der Waals surface area (Å²) in [5.41, 5.74) is -0.387. The number of rotatable bonds is 5. The summed E-state index contributed by atoms with van der Waals surface area (Å²) in [7, 11) is 1.20. The normalized spacial score (nSPS) is 11.9. The number of thiazole rings is 1. The molecule has 1 amide bonds. The van der Waals surface area contributed by atoms with Crippen molar-refractivity contribution in [2.24, 2.45) is 5.16 Å². The fourth-order valence-electron chi connectivity index (χ4n) is 0.997. The number of amides is 1. The second-order valence-electron chi connectivity index (χ2n) is 3.28. The lowest BCUT2D eigenvalue weighted by atomic mass is 10.3. The maximum Gasteiger partial charge on any atom is 0.413 e. The van der Waals surface area contributed by atoms with Gasteiger partial charge in [-0.3, -0.25) is 5.32 Å². The van der Waals surface area contributed by atoms with Crippen LogP contribution in [-0.2, 0) is 14.4 Å². The first-order valence-electron chi connectivity index (χ1n) is 5.04. The van der Waals surface area contributed by atoms with Crippen LogP contribution in [0.2, 0.25) is 0 Å². The molecule has 1 heterocycles. The summed E-state index contributed by atoms with van der Waals surface area (Å²) in [5, 5.41) is 16.0. The quantitative estimate of drug-likeness (QED) is 0.464. The first kappa shape index (κ1) is 17.8. The first-order valence-corrected chi connectivity index (χ1v) is 7.05. The number of hydrogen-bond donors (Lipinski definition) is 2. The Morgan fingerprint density at radius 2 is 2.19 bits per heavy atom. The van der Waals surface area contributed by atoms with Crippen LogP contribution in [0.5, 0.6) is 0 Å². The Morgan fingerprint density at radius 1 is 1.52 bits per heavy atom. The number of carbonyl (C=O) groups excluding carboxylic acids is 1. The number of aromatic nitrogens is 1. The molecular formula is C9H8Cl3N3O5S. The van der Waals surface area contributed by atoms with Crippen molar-refractivity contribution in [2.45, 2.75) is 3.79 Å². The Balaban J connectivity index is 2.69. The average Bonchev–Trinajstić information content (AvgIpc) is 2.80. The maximum atomic E-state index is 11.4. The zero-order chi connectivity index (χ0) is 16.0. The van der Waals surface area contributed by atoms with E-state index < -0.39 is 28.2 Å². The van der Waals surface area contributed by atoms with Gasteiger partial charge in [-0.15, -0.1) is 11.3 Å². The van der Waals surface area contributed by atoms with Crippen LogP contribution < -0.4 is 5.32 Å². The predicted molar refractivity (Wildman–Crippen MR) is 78.6 cm³/mol. The number of carboxylic acid groups (broad SMARTS) is 1. The number of hydrogen-bond acceptors (Lipinski definition) is 7. The van der Waals surface area contributed by atoms with Gasteiger partial charge in [-0.1, -0.05) is 40.0 Å². The van der Waals surface area contributed by atoms with E-state index in [4.69, 9.17) is 39.9 Å². The number of halogens is 3. The highest BCUT2D eigenvalue weighted by Crippen LogP contribution is 2.26. The van der Waals surface area contributed by atoms with Crippen molar-refractivity contribution in [1.82, 2.24) is 4.98 Å². The van der Waals surface area contributed by atoms with Crippen molar-refractivity contribution in [3.05, 3.63) is 11.1 Å². The lowest BCUT2D eigenvalue weighted by Crippen LogP contribution is -2.21. The molecule has 0 saturated heterocycles. The number of anilines is 1. The summed E-state index contributed by atoms with van der Waals surface area (Å²) >= 11 is 17.2. The van der Waals surface area contributed by atoms with Gasteiger partial charge in [0.1, 0.15) is 19.4 Å². The summed E-state index contributed by atoms with van der Waals surface area (Å²) in [6.45, 7) is -0.451. The molecule has 0 atom stereocenters. The second kappa shape index (κ2) is 7.64. The zero-order valence-electron chi connectivity index (χ0n) is 10.3. The van der Waals surface area contributed by atoms with Crippen molar-refractivity contribution in [1.29, 1.82) is 0 Å². The molecule has 1 rings (SSSR count). The van der Waals surface area contributed by atoms with Gasteiger partial charge in [-0.25, -0.2) is 14.6 Å². The smallest absolute Gasteiger partial charge is 0.413 e. The van der Waals surface area contributed by atoms with E-state index in [9.17, 15) is 9.59 Å². The van der Waals surface area contributed by atoms with E-state index in [0.29, 0.717) is 0 Å². The molecule has 1 aromatic heterocycles. The van der Waals surface area contributed by atoms with Crippen molar-refractivity contribution < 1.29 is 24.3 Å². The Morgan fingerprint density at radius 3 is 2.71 bits per heavy atom. The monoisotopic (exact) mass is 375 g/mol. The average molecular weight is 377 g/mol. The first-order chi connectivity index (χ1) is 9.73. The van der Waals surface area contributed by atoms with Crippen molar-refractivity contribution in [3.63, 3.8) is 0 Å². The summed E-state index contributed by atoms with van der Waals surface area (Å²) in [6.07, 6.45) is -0.900. The minimum Gasteiger partial charge on any atom is -0.476 e. The van der Waals surface area contributed by atoms with Crippen LogP contribution in [-0.4, -0.2) is 45.4 Å². The number of aliphatic carboxylic acids is 1. The third-order valence-electron chi connectivity index (χ3n) is 1.71. The third kappa shape index (κ3) is 6.34. The number of carboxylic acids is 1. The van der Waals surface area contributed by atoms with E-state index in [0.717, 1.165) is 11.3 Å². The minimum absolute atomic E-state index is 0.0195. The van der Waals surface area contributed by atoms with Crippen molar-refractivity contribution >= 4 is 69.0 Å². The molecule has 21 heavy (non-hydrogen) atoms. The van der Waals surface area contributed by atoms with E-state index in [2.05, 4.69) is 25.0 Å². The van der Waals surface area contributed by atoms with Crippen LogP contribution >= 0.6 is 46.1 Å². The van der Waals surface area contributed by atoms with Gasteiger partial charge in [0, 0.05) is 5.38 Å². The number of nitrogens with zero attached hydrogens (tertiary/aromatic N) is 2. The Kier molecular flexibility index (Phi) is 6.46. The van der Waals surface area contributed by atoms with E-state index in [1.807, 2.05) is 0 Å². The lowest BCUT2D eigenvalue weighted by Gasteiger charge is -2.10. The molecule has 0 aliphatic heterocycles. The van der Waals surface area contributed by atoms with E-state index >= 15 is 0 Å².